The summed E-state index contributed by atoms with van der Waals surface area (Å²) >= 11 is 0. The second-order valence-corrected chi connectivity index (χ2v) is 9.87. The Morgan fingerprint density at radius 3 is 2.72 bits per heavy atom. The van der Waals surface area contributed by atoms with E-state index in [9.17, 15) is 13.4 Å². The second-order valence-electron chi connectivity index (χ2n) is 8.61. The van der Waals surface area contributed by atoms with Crippen molar-refractivity contribution in [2.24, 2.45) is 0 Å². The molecule has 0 aliphatic carbocycles. The van der Waals surface area contributed by atoms with Gasteiger partial charge in [0.15, 0.2) is 0 Å². The van der Waals surface area contributed by atoms with Gasteiger partial charge in [0.25, 0.3) is 5.56 Å². The van der Waals surface area contributed by atoms with Crippen molar-refractivity contribution in [1.29, 1.82) is 0 Å². The van der Waals surface area contributed by atoms with Gasteiger partial charge in [-0.2, -0.15) is 0 Å². The van der Waals surface area contributed by atoms with Gasteiger partial charge in [0, 0.05) is 53.4 Å². The molecule has 0 saturated carbocycles. The predicted molar refractivity (Wildman–Crippen MR) is 140 cm³/mol. The highest BCUT2D eigenvalue weighted by molar-refractivity contribution is 7.83. The molecule has 0 bridgehead atoms. The zero-order valence-corrected chi connectivity index (χ0v) is 19.9. The molecule has 0 aliphatic heterocycles. The molecule has 0 spiro atoms. The van der Waals surface area contributed by atoms with Gasteiger partial charge >= 0.3 is 0 Å². The number of halogens is 1. The molecule has 7 nitrogen and oxygen atoms in total. The molecule has 3 N–H and O–H groups in total. The SMILES string of the molecule is O=c1[nH]ccc2c1ncc1c2c(S(=O)NCCc2c[nH]c3ccccc23)cn1Cc1ccc(F)cc1. The molecule has 36 heavy (non-hydrogen) atoms. The number of hydrogen-bond donors (Lipinski definition) is 3. The number of para-hydroxylation sites is 1. The number of aromatic amines is 2. The summed E-state index contributed by atoms with van der Waals surface area (Å²) in [4.78, 5) is 23.3. The van der Waals surface area contributed by atoms with E-state index in [0.29, 0.717) is 40.7 Å². The van der Waals surface area contributed by atoms with Crippen molar-refractivity contribution in [2.45, 2.75) is 17.9 Å². The summed E-state index contributed by atoms with van der Waals surface area (Å²) in [6.07, 6.45) is 7.70. The third-order valence-corrected chi connectivity index (χ3v) is 7.55. The summed E-state index contributed by atoms with van der Waals surface area (Å²) in [6.45, 7) is 0.947. The Morgan fingerprint density at radius 1 is 1.03 bits per heavy atom. The van der Waals surface area contributed by atoms with Gasteiger partial charge in [-0.1, -0.05) is 30.3 Å². The molecule has 6 aromatic rings. The molecule has 1 unspecified atom stereocenters. The highest BCUT2D eigenvalue weighted by Crippen LogP contribution is 2.30. The maximum Gasteiger partial charge on any atom is 0.274 e. The van der Waals surface area contributed by atoms with Crippen LogP contribution >= 0.6 is 0 Å². The number of nitrogens with one attached hydrogen (secondary N) is 3. The third-order valence-electron chi connectivity index (χ3n) is 6.37. The molecule has 2 aromatic carbocycles. The topological polar surface area (TPSA) is 95.6 Å². The fourth-order valence-electron chi connectivity index (χ4n) is 4.63. The second kappa shape index (κ2) is 9.18. The summed E-state index contributed by atoms with van der Waals surface area (Å²) in [5, 5.41) is 2.50. The van der Waals surface area contributed by atoms with E-state index in [4.69, 9.17) is 0 Å². The van der Waals surface area contributed by atoms with Crippen molar-refractivity contribution in [3.05, 3.63) is 107 Å². The van der Waals surface area contributed by atoms with Crippen LogP contribution in [0.1, 0.15) is 11.1 Å². The van der Waals surface area contributed by atoms with Gasteiger partial charge in [0.1, 0.15) is 22.3 Å². The lowest BCUT2D eigenvalue weighted by molar-refractivity contribution is 0.626. The highest BCUT2D eigenvalue weighted by Gasteiger charge is 2.19. The van der Waals surface area contributed by atoms with Gasteiger partial charge in [0.2, 0.25) is 0 Å². The molecule has 4 heterocycles. The quantitative estimate of drug-likeness (QED) is 0.304. The molecule has 4 aromatic heterocycles. The monoisotopic (exact) mass is 499 g/mol. The average molecular weight is 500 g/mol. The van der Waals surface area contributed by atoms with Gasteiger partial charge in [0.05, 0.1) is 16.6 Å². The van der Waals surface area contributed by atoms with Crippen LogP contribution in [0.2, 0.25) is 0 Å². The standard InChI is InChI=1S/C27H22FN5O2S/c28-19-7-5-17(6-8-19)15-33-16-24(25-21-10-11-29-27(34)26(21)31-14-23(25)33)36(35)32-12-9-18-13-30-22-4-2-1-3-20(18)22/h1-8,10-11,13-14,16,30,32H,9,12,15H2,(H,29,34). The number of H-pyrrole nitrogens is 2. The smallest absolute Gasteiger partial charge is 0.274 e. The first-order valence-corrected chi connectivity index (χ1v) is 12.7. The van der Waals surface area contributed by atoms with E-state index in [2.05, 4.69) is 25.7 Å². The van der Waals surface area contributed by atoms with Crippen LogP contribution in [-0.4, -0.2) is 30.3 Å². The minimum absolute atomic E-state index is 0.293. The first-order valence-electron chi connectivity index (χ1n) is 11.5. The Kier molecular flexibility index (Phi) is 5.71. The number of rotatable bonds is 7. The van der Waals surface area contributed by atoms with E-state index < -0.39 is 11.0 Å². The maximum atomic E-state index is 13.5. The van der Waals surface area contributed by atoms with E-state index >= 15 is 0 Å². The van der Waals surface area contributed by atoms with Crippen molar-refractivity contribution >= 4 is 43.7 Å². The normalized spacial score (nSPS) is 12.6. The first kappa shape index (κ1) is 22.4. The van der Waals surface area contributed by atoms with Crippen LogP contribution < -0.4 is 10.3 Å². The largest absolute Gasteiger partial charge is 0.361 e. The molecule has 0 radical (unpaired) electrons. The lowest BCUT2D eigenvalue weighted by Crippen LogP contribution is -2.20. The summed E-state index contributed by atoms with van der Waals surface area (Å²) in [6, 6.07) is 16.1. The molecular formula is C27H22FN5O2S. The van der Waals surface area contributed by atoms with E-state index in [1.54, 1.807) is 30.6 Å². The molecule has 6 rings (SSSR count). The summed E-state index contributed by atoms with van der Waals surface area (Å²) < 4.78 is 32.0. The molecule has 0 fully saturated rings. The van der Waals surface area contributed by atoms with Crippen LogP contribution in [0, 0.1) is 5.82 Å². The van der Waals surface area contributed by atoms with E-state index in [1.165, 1.54) is 12.1 Å². The number of benzene rings is 2. The molecule has 0 amide bonds. The minimum Gasteiger partial charge on any atom is -0.361 e. The molecule has 180 valence electrons. The van der Waals surface area contributed by atoms with Gasteiger partial charge in [-0.3, -0.25) is 4.79 Å². The Bertz CT molecular complexity index is 1800. The number of pyridine rings is 2. The van der Waals surface area contributed by atoms with Crippen LogP contribution in [-0.2, 0) is 24.0 Å². The van der Waals surface area contributed by atoms with Crippen LogP contribution in [0.3, 0.4) is 0 Å². The maximum absolute atomic E-state index is 13.5. The number of nitrogens with zero attached hydrogens (tertiary/aromatic N) is 2. The van der Waals surface area contributed by atoms with Gasteiger partial charge < -0.3 is 14.5 Å². The number of hydrogen-bond acceptors (Lipinski definition) is 3. The number of aromatic nitrogens is 4. The van der Waals surface area contributed by atoms with Gasteiger partial charge in [-0.15, -0.1) is 0 Å². The first-order chi connectivity index (χ1) is 17.6. The van der Waals surface area contributed by atoms with Crippen molar-refractivity contribution < 1.29 is 8.60 Å². The summed E-state index contributed by atoms with van der Waals surface area (Å²) in [5.74, 6) is -0.302. The van der Waals surface area contributed by atoms with Crippen LogP contribution in [0.25, 0.3) is 32.7 Å². The lowest BCUT2D eigenvalue weighted by atomic mass is 10.1. The Labute approximate surface area is 207 Å². The van der Waals surface area contributed by atoms with Crippen molar-refractivity contribution in [3.63, 3.8) is 0 Å². The molecule has 9 heteroatoms. The third kappa shape index (κ3) is 4.02. The Balaban J connectivity index is 1.35. The van der Waals surface area contributed by atoms with Crippen molar-refractivity contribution in [3.8, 4) is 0 Å². The van der Waals surface area contributed by atoms with Crippen LogP contribution in [0.5, 0.6) is 0 Å². The van der Waals surface area contributed by atoms with Gasteiger partial charge in [-0.25, -0.2) is 18.3 Å². The van der Waals surface area contributed by atoms with E-state index in [-0.39, 0.29) is 11.4 Å². The summed E-state index contributed by atoms with van der Waals surface area (Å²) in [5.41, 5.74) is 3.85. The zero-order chi connectivity index (χ0) is 24.6. The fraction of sp³-hybridized carbons (Fsp3) is 0.111. The van der Waals surface area contributed by atoms with Crippen molar-refractivity contribution in [2.75, 3.05) is 6.54 Å². The van der Waals surface area contributed by atoms with E-state index in [1.807, 2.05) is 35.2 Å². The van der Waals surface area contributed by atoms with Gasteiger partial charge in [-0.05, 0) is 41.8 Å². The lowest BCUT2D eigenvalue weighted by Gasteiger charge is -2.06. The summed E-state index contributed by atoms with van der Waals surface area (Å²) in [7, 11) is -1.54. The predicted octanol–water partition coefficient (Wildman–Crippen LogP) is 4.40. The van der Waals surface area contributed by atoms with Crippen molar-refractivity contribution in [1.82, 2.24) is 24.2 Å². The Morgan fingerprint density at radius 2 is 1.86 bits per heavy atom. The average Bonchev–Trinajstić information content (AvgIpc) is 3.47. The van der Waals surface area contributed by atoms with E-state index in [0.717, 1.165) is 27.5 Å². The minimum atomic E-state index is -1.54. The Hall–Kier alpha value is -4.08. The zero-order valence-electron chi connectivity index (χ0n) is 19.1. The molecular weight excluding hydrogens is 477 g/mol. The van der Waals surface area contributed by atoms with Crippen LogP contribution in [0.15, 0.2) is 89.1 Å². The highest BCUT2D eigenvalue weighted by atomic mass is 32.2. The molecule has 0 aliphatic rings. The number of fused-ring (bicyclic) bond motifs is 4. The molecule has 1 atom stereocenters. The van der Waals surface area contributed by atoms with Crippen LogP contribution in [0.4, 0.5) is 4.39 Å². The fourth-order valence-corrected chi connectivity index (χ4v) is 5.70. The molecule has 0 saturated heterocycles.